The molecule has 4 heteroatoms. The van der Waals surface area contributed by atoms with Crippen LogP contribution >= 0.6 is 0 Å². The molecule has 1 aliphatic carbocycles. The number of hydrogen-bond acceptors (Lipinski definition) is 3. The van der Waals surface area contributed by atoms with Gasteiger partial charge in [-0.15, -0.1) is 0 Å². The fourth-order valence-electron chi connectivity index (χ4n) is 2.48. The Bertz CT molecular complexity index is 280. The summed E-state index contributed by atoms with van der Waals surface area (Å²) in [6.07, 6.45) is 5.72. The van der Waals surface area contributed by atoms with Crippen molar-refractivity contribution in [1.82, 2.24) is 10.2 Å². The molecule has 0 saturated heterocycles. The van der Waals surface area contributed by atoms with Crippen molar-refractivity contribution in [2.45, 2.75) is 65.0 Å². The minimum atomic E-state index is -0.0833. The molecule has 4 nitrogen and oxygen atoms in total. The summed E-state index contributed by atoms with van der Waals surface area (Å²) < 4.78 is 0. The van der Waals surface area contributed by atoms with Gasteiger partial charge in [0.05, 0.1) is 0 Å². The van der Waals surface area contributed by atoms with Crippen molar-refractivity contribution in [3.05, 3.63) is 0 Å². The first kappa shape index (κ1) is 16.4. The molecule has 0 aromatic carbocycles. The number of carbonyl (C=O) groups is 1. The highest BCUT2D eigenvalue weighted by atomic mass is 16.1. The van der Waals surface area contributed by atoms with E-state index in [4.69, 9.17) is 5.73 Å². The van der Waals surface area contributed by atoms with E-state index in [1.54, 1.807) is 0 Å². The molecular weight excluding hydrogens is 238 g/mol. The van der Waals surface area contributed by atoms with Crippen LogP contribution in [-0.2, 0) is 4.79 Å². The van der Waals surface area contributed by atoms with Gasteiger partial charge in [-0.05, 0) is 25.3 Å². The van der Waals surface area contributed by atoms with Crippen LogP contribution in [0.25, 0.3) is 0 Å². The van der Waals surface area contributed by atoms with E-state index >= 15 is 0 Å². The lowest BCUT2D eigenvalue weighted by molar-refractivity contribution is -0.122. The fraction of sp³-hybridized carbons (Fsp3) is 0.933. The Balaban J connectivity index is 2.16. The molecule has 1 atom stereocenters. The summed E-state index contributed by atoms with van der Waals surface area (Å²) >= 11 is 0. The van der Waals surface area contributed by atoms with Gasteiger partial charge in [0.25, 0.3) is 0 Å². The lowest BCUT2D eigenvalue weighted by Crippen LogP contribution is -2.42. The van der Waals surface area contributed by atoms with Crippen molar-refractivity contribution in [2.75, 3.05) is 20.1 Å². The van der Waals surface area contributed by atoms with E-state index in [0.717, 1.165) is 13.1 Å². The second kappa shape index (κ2) is 7.25. The number of amides is 1. The molecule has 1 saturated carbocycles. The van der Waals surface area contributed by atoms with Gasteiger partial charge in [-0.2, -0.15) is 0 Å². The largest absolute Gasteiger partial charge is 0.355 e. The van der Waals surface area contributed by atoms with Gasteiger partial charge in [0.15, 0.2) is 0 Å². The Morgan fingerprint density at radius 1 is 1.37 bits per heavy atom. The molecular formula is C15H31N3O. The van der Waals surface area contributed by atoms with Crippen molar-refractivity contribution in [1.29, 1.82) is 0 Å². The van der Waals surface area contributed by atoms with Crippen molar-refractivity contribution >= 4 is 5.91 Å². The zero-order valence-corrected chi connectivity index (χ0v) is 13.0. The first-order chi connectivity index (χ1) is 8.80. The van der Waals surface area contributed by atoms with Crippen LogP contribution in [0.5, 0.6) is 0 Å². The minimum absolute atomic E-state index is 0.0159. The molecule has 1 aliphatic rings. The Morgan fingerprint density at radius 2 is 1.95 bits per heavy atom. The van der Waals surface area contributed by atoms with Gasteiger partial charge in [0, 0.05) is 31.6 Å². The lowest BCUT2D eigenvalue weighted by atomic mass is 9.85. The molecule has 0 aromatic heterocycles. The number of likely N-dealkylation sites (N-methyl/N-ethyl adjacent to an activating group) is 1. The molecule has 3 N–H and O–H groups in total. The summed E-state index contributed by atoms with van der Waals surface area (Å²) in [5, 5.41) is 2.98. The smallest absolute Gasteiger partial charge is 0.221 e. The molecule has 0 heterocycles. The van der Waals surface area contributed by atoms with Gasteiger partial charge in [-0.25, -0.2) is 0 Å². The summed E-state index contributed by atoms with van der Waals surface area (Å²) in [4.78, 5) is 14.2. The zero-order valence-electron chi connectivity index (χ0n) is 13.0. The Hall–Kier alpha value is -0.610. The number of nitrogens with two attached hydrogens (primary N) is 1. The van der Waals surface area contributed by atoms with Crippen LogP contribution < -0.4 is 11.1 Å². The minimum Gasteiger partial charge on any atom is -0.355 e. The average Bonchev–Trinajstić information content (AvgIpc) is 2.80. The van der Waals surface area contributed by atoms with Crippen LogP contribution in [0.1, 0.15) is 52.9 Å². The maximum Gasteiger partial charge on any atom is 0.221 e. The summed E-state index contributed by atoms with van der Waals surface area (Å²) in [7, 11) is 2.16. The van der Waals surface area contributed by atoms with Crippen molar-refractivity contribution in [3.8, 4) is 0 Å². The Labute approximate surface area is 118 Å². The van der Waals surface area contributed by atoms with Crippen LogP contribution in [0.2, 0.25) is 0 Å². The molecule has 19 heavy (non-hydrogen) atoms. The maximum absolute atomic E-state index is 11.8. The van der Waals surface area contributed by atoms with E-state index in [2.05, 4.69) is 38.0 Å². The highest BCUT2D eigenvalue weighted by Gasteiger charge is 2.23. The van der Waals surface area contributed by atoms with E-state index in [1.165, 1.54) is 25.7 Å². The van der Waals surface area contributed by atoms with E-state index < -0.39 is 0 Å². The number of nitrogens with zero attached hydrogens (tertiary/aromatic N) is 1. The third-order valence-corrected chi connectivity index (χ3v) is 4.25. The highest BCUT2D eigenvalue weighted by Crippen LogP contribution is 2.22. The number of carbonyl (C=O) groups excluding carboxylic acids is 1. The topological polar surface area (TPSA) is 58.4 Å². The van der Waals surface area contributed by atoms with E-state index in [1.807, 2.05) is 0 Å². The first-order valence-electron chi connectivity index (χ1n) is 7.53. The zero-order chi connectivity index (χ0) is 14.5. The molecule has 1 unspecified atom stereocenters. The van der Waals surface area contributed by atoms with Gasteiger partial charge >= 0.3 is 0 Å². The summed E-state index contributed by atoms with van der Waals surface area (Å²) in [5.74, 6) is 0.0715. The molecule has 0 bridgehead atoms. The van der Waals surface area contributed by atoms with Crippen molar-refractivity contribution in [3.63, 3.8) is 0 Å². The van der Waals surface area contributed by atoms with Gasteiger partial charge in [0.1, 0.15) is 0 Å². The van der Waals surface area contributed by atoms with Gasteiger partial charge in [-0.3, -0.25) is 4.79 Å². The van der Waals surface area contributed by atoms with Crippen molar-refractivity contribution in [2.24, 2.45) is 11.1 Å². The van der Waals surface area contributed by atoms with E-state index in [9.17, 15) is 4.79 Å². The molecule has 112 valence electrons. The lowest BCUT2D eigenvalue weighted by Gasteiger charge is -2.27. The van der Waals surface area contributed by atoms with Crippen LogP contribution in [0.3, 0.4) is 0 Å². The maximum atomic E-state index is 11.8. The molecule has 0 spiro atoms. The van der Waals surface area contributed by atoms with Crippen molar-refractivity contribution < 1.29 is 4.79 Å². The molecule has 0 radical (unpaired) electrons. The quantitative estimate of drug-likeness (QED) is 0.772. The molecule has 1 rings (SSSR count). The first-order valence-corrected chi connectivity index (χ1v) is 7.53. The second-order valence-electron chi connectivity index (χ2n) is 6.95. The average molecular weight is 269 g/mol. The predicted molar refractivity (Wildman–Crippen MR) is 79.9 cm³/mol. The molecule has 1 fully saturated rings. The second-order valence-corrected chi connectivity index (χ2v) is 6.95. The normalized spacial score (nSPS) is 18.8. The third-order valence-electron chi connectivity index (χ3n) is 4.25. The Morgan fingerprint density at radius 3 is 2.47 bits per heavy atom. The van der Waals surface area contributed by atoms with Gasteiger partial charge in [-0.1, -0.05) is 33.6 Å². The summed E-state index contributed by atoms with van der Waals surface area (Å²) in [6.45, 7) is 7.86. The third kappa shape index (κ3) is 5.91. The highest BCUT2D eigenvalue weighted by molar-refractivity contribution is 5.76. The number of hydrogen-bond donors (Lipinski definition) is 2. The standard InChI is InChI=1S/C15H31N3O/c1-15(2,3)13(16)11-14(19)17-9-10-18(4)12-7-5-6-8-12/h12-13H,5-11,16H2,1-4H3,(H,17,19). The van der Waals surface area contributed by atoms with E-state index in [-0.39, 0.29) is 17.4 Å². The van der Waals surface area contributed by atoms with Crippen LogP contribution in [0, 0.1) is 5.41 Å². The monoisotopic (exact) mass is 269 g/mol. The number of rotatable bonds is 6. The summed E-state index contributed by atoms with van der Waals surface area (Å²) in [6, 6.07) is 0.633. The van der Waals surface area contributed by atoms with Gasteiger partial charge in [0.2, 0.25) is 5.91 Å². The predicted octanol–water partition coefficient (Wildman–Crippen LogP) is 1.74. The van der Waals surface area contributed by atoms with Gasteiger partial charge < -0.3 is 16.0 Å². The molecule has 1 amide bonds. The Kier molecular flexibility index (Phi) is 6.27. The van der Waals surface area contributed by atoms with E-state index in [0.29, 0.717) is 12.5 Å². The summed E-state index contributed by atoms with van der Waals surface area (Å²) in [5.41, 5.74) is 6.00. The SMILES string of the molecule is CN(CCNC(=O)CC(N)C(C)(C)C)C1CCCC1. The number of nitrogens with one attached hydrogen (secondary N) is 1. The molecule has 0 aromatic rings. The van der Waals surface area contributed by atoms with Crippen LogP contribution in [-0.4, -0.2) is 43.0 Å². The fourth-order valence-corrected chi connectivity index (χ4v) is 2.48. The van der Waals surface area contributed by atoms with Crippen LogP contribution in [0.4, 0.5) is 0 Å². The molecule has 0 aliphatic heterocycles. The van der Waals surface area contributed by atoms with Crippen LogP contribution in [0.15, 0.2) is 0 Å².